The van der Waals surface area contributed by atoms with E-state index in [1.807, 2.05) is 0 Å². The highest BCUT2D eigenvalue weighted by molar-refractivity contribution is 6.13. The van der Waals surface area contributed by atoms with Crippen molar-refractivity contribution in [2.75, 3.05) is 0 Å². The molecule has 3 aromatic carbocycles. The summed E-state index contributed by atoms with van der Waals surface area (Å²) in [6.45, 7) is -0.0653. The Morgan fingerprint density at radius 2 is 1.45 bits per heavy atom. The Hall–Kier alpha value is -4.00. The molecule has 0 aromatic heterocycles. The molecule has 0 unspecified atom stereocenters. The Bertz CT molecular complexity index is 1160. The van der Waals surface area contributed by atoms with E-state index in [9.17, 15) is 18.4 Å². The molecule has 0 atom stereocenters. The lowest BCUT2D eigenvalue weighted by Crippen LogP contribution is -2.30. The minimum atomic E-state index is -0.607. The second-order valence-electron chi connectivity index (χ2n) is 6.92. The van der Waals surface area contributed by atoms with Crippen molar-refractivity contribution < 1.29 is 23.1 Å². The van der Waals surface area contributed by atoms with Crippen LogP contribution in [0.1, 0.15) is 16.7 Å². The third kappa shape index (κ3) is 4.61. The van der Waals surface area contributed by atoms with Gasteiger partial charge in [-0.2, -0.15) is 0 Å². The first kappa shape index (κ1) is 20.3. The van der Waals surface area contributed by atoms with E-state index in [0.717, 1.165) is 4.90 Å². The van der Waals surface area contributed by atoms with E-state index >= 15 is 0 Å². The number of imide groups is 1. The molecule has 0 radical (unpaired) electrons. The fraction of sp³-hybridized carbons (Fsp3) is 0.0833. The van der Waals surface area contributed by atoms with E-state index in [4.69, 9.17) is 4.74 Å². The highest BCUT2D eigenvalue weighted by atomic mass is 19.1. The van der Waals surface area contributed by atoms with Crippen molar-refractivity contribution >= 4 is 18.0 Å². The highest BCUT2D eigenvalue weighted by Crippen LogP contribution is 2.20. The molecule has 1 heterocycles. The maximum Gasteiger partial charge on any atom is 0.329 e. The molecule has 4 rings (SSSR count). The van der Waals surface area contributed by atoms with Gasteiger partial charge in [-0.05, 0) is 35.9 Å². The average Bonchev–Trinajstić information content (AvgIpc) is 3.03. The number of urea groups is 1. The van der Waals surface area contributed by atoms with Gasteiger partial charge in [-0.1, -0.05) is 48.5 Å². The summed E-state index contributed by atoms with van der Waals surface area (Å²) in [4.78, 5) is 25.7. The standard InChI is InChI=1S/C24H18F2N2O3/c25-20-7-3-1-5-17(20)14-28-23(29)22(27-24(28)30)13-16-9-11-19(12-10-16)31-15-18-6-2-4-8-21(18)26/h1-13H,14-15H2,(H,27,30)/b22-13+. The van der Waals surface area contributed by atoms with Gasteiger partial charge in [0, 0.05) is 11.1 Å². The minimum absolute atomic E-state index is 0.0899. The van der Waals surface area contributed by atoms with Crippen LogP contribution in [0.4, 0.5) is 13.6 Å². The van der Waals surface area contributed by atoms with Crippen LogP contribution in [0, 0.1) is 11.6 Å². The molecule has 3 aromatic rings. The summed E-state index contributed by atoms with van der Waals surface area (Å²) < 4.78 is 33.1. The lowest BCUT2D eigenvalue weighted by molar-refractivity contribution is -0.123. The summed E-state index contributed by atoms with van der Waals surface area (Å²) in [5, 5.41) is 2.51. The number of hydrogen-bond acceptors (Lipinski definition) is 3. The average molecular weight is 420 g/mol. The second kappa shape index (κ2) is 8.79. The summed E-state index contributed by atoms with van der Waals surface area (Å²) in [5.74, 6) is -0.813. The van der Waals surface area contributed by atoms with Crippen molar-refractivity contribution in [1.82, 2.24) is 10.2 Å². The minimum Gasteiger partial charge on any atom is -0.489 e. The summed E-state index contributed by atoms with van der Waals surface area (Å²) in [6.07, 6.45) is 1.53. The largest absolute Gasteiger partial charge is 0.489 e. The molecule has 0 aliphatic carbocycles. The Labute approximate surface area is 177 Å². The van der Waals surface area contributed by atoms with Crippen molar-refractivity contribution in [1.29, 1.82) is 0 Å². The Morgan fingerprint density at radius 3 is 2.10 bits per heavy atom. The molecule has 3 amide bonds. The number of hydrogen-bond donors (Lipinski definition) is 1. The fourth-order valence-electron chi connectivity index (χ4n) is 3.12. The molecule has 0 spiro atoms. The third-order valence-electron chi connectivity index (χ3n) is 4.79. The van der Waals surface area contributed by atoms with Gasteiger partial charge in [-0.25, -0.2) is 13.6 Å². The molecule has 156 valence electrons. The summed E-state index contributed by atoms with van der Waals surface area (Å²) in [7, 11) is 0. The van der Waals surface area contributed by atoms with Crippen molar-refractivity contribution in [3.05, 3.63) is 107 Å². The molecule has 0 saturated carbocycles. The van der Waals surface area contributed by atoms with E-state index in [0.29, 0.717) is 16.9 Å². The number of nitrogens with zero attached hydrogens (tertiary/aromatic N) is 1. The van der Waals surface area contributed by atoms with Crippen LogP contribution in [0.3, 0.4) is 0 Å². The molecule has 1 aliphatic rings. The molecule has 1 saturated heterocycles. The van der Waals surface area contributed by atoms with Crippen molar-refractivity contribution in [3.63, 3.8) is 0 Å². The second-order valence-corrected chi connectivity index (χ2v) is 6.92. The number of halogens is 2. The molecule has 5 nitrogen and oxygen atoms in total. The van der Waals surface area contributed by atoms with Gasteiger partial charge in [0.15, 0.2) is 0 Å². The Kier molecular flexibility index (Phi) is 5.75. The molecule has 1 N–H and O–H groups in total. The monoisotopic (exact) mass is 420 g/mol. The predicted molar refractivity (Wildman–Crippen MR) is 111 cm³/mol. The van der Waals surface area contributed by atoms with Crippen LogP contribution >= 0.6 is 0 Å². The lowest BCUT2D eigenvalue weighted by Gasteiger charge is -2.12. The van der Waals surface area contributed by atoms with Gasteiger partial charge in [0.2, 0.25) is 0 Å². The molecule has 7 heteroatoms. The van der Waals surface area contributed by atoms with Crippen molar-refractivity contribution in [2.45, 2.75) is 13.2 Å². The molecular formula is C24H18F2N2O3. The maximum absolute atomic E-state index is 13.9. The Morgan fingerprint density at radius 1 is 0.839 bits per heavy atom. The van der Waals surface area contributed by atoms with Gasteiger partial charge >= 0.3 is 6.03 Å². The molecule has 1 aliphatic heterocycles. The smallest absolute Gasteiger partial charge is 0.329 e. The lowest BCUT2D eigenvalue weighted by atomic mass is 10.1. The molecule has 0 bridgehead atoms. The zero-order valence-electron chi connectivity index (χ0n) is 16.3. The van der Waals surface area contributed by atoms with Crippen molar-refractivity contribution in [3.8, 4) is 5.75 Å². The topological polar surface area (TPSA) is 58.6 Å². The molecular weight excluding hydrogens is 402 g/mol. The number of nitrogens with one attached hydrogen (secondary N) is 1. The number of carbonyl (C=O) groups excluding carboxylic acids is 2. The number of ether oxygens (including phenoxy) is 1. The van der Waals surface area contributed by atoms with E-state index in [2.05, 4.69) is 5.32 Å². The van der Waals surface area contributed by atoms with Crippen LogP contribution < -0.4 is 10.1 Å². The van der Waals surface area contributed by atoms with Crippen LogP contribution in [0.5, 0.6) is 5.75 Å². The van der Waals surface area contributed by atoms with Gasteiger partial charge in [-0.15, -0.1) is 0 Å². The van der Waals surface area contributed by atoms with Crippen LogP contribution in [0.2, 0.25) is 0 Å². The van der Waals surface area contributed by atoms with Crippen LogP contribution in [-0.2, 0) is 17.9 Å². The van der Waals surface area contributed by atoms with Gasteiger partial charge in [0.1, 0.15) is 29.7 Å². The van der Waals surface area contributed by atoms with E-state index in [1.54, 1.807) is 54.6 Å². The van der Waals surface area contributed by atoms with E-state index in [1.165, 1.54) is 24.3 Å². The SMILES string of the molecule is O=C1N/C(=C/c2ccc(OCc3ccccc3F)cc2)C(=O)N1Cc1ccccc1F. The molecule has 31 heavy (non-hydrogen) atoms. The number of carbonyl (C=O) groups is 2. The quantitative estimate of drug-likeness (QED) is 0.467. The zero-order valence-corrected chi connectivity index (χ0v) is 16.3. The first-order valence-corrected chi connectivity index (χ1v) is 9.55. The Balaban J connectivity index is 1.42. The van der Waals surface area contributed by atoms with Gasteiger partial charge in [-0.3, -0.25) is 9.69 Å². The van der Waals surface area contributed by atoms with Crippen molar-refractivity contribution in [2.24, 2.45) is 0 Å². The van der Waals surface area contributed by atoms with Crippen LogP contribution in [0.25, 0.3) is 6.08 Å². The predicted octanol–water partition coefficient (Wildman–Crippen LogP) is 4.64. The van der Waals surface area contributed by atoms with Crippen LogP contribution in [0.15, 0.2) is 78.5 Å². The third-order valence-corrected chi connectivity index (χ3v) is 4.79. The first-order valence-electron chi connectivity index (χ1n) is 9.55. The summed E-state index contributed by atoms with van der Waals surface area (Å²) in [5.41, 5.74) is 1.46. The van der Waals surface area contributed by atoms with Gasteiger partial charge in [0.25, 0.3) is 5.91 Å². The zero-order chi connectivity index (χ0) is 21.8. The van der Waals surface area contributed by atoms with E-state index < -0.39 is 17.8 Å². The normalized spacial score (nSPS) is 14.8. The number of benzene rings is 3. The molecule has 1 fully saturated rings. The number of rotatable bonds is 6. The van der Waals surface area contributed by atoms with Gasteiger partial charge < -0.3 is 10.1 Å². The summed E-state index contributed by atoms with van der Waals surface area (Å²) in [6, 6.07) is 18.5. The number of amides is 3. The maximum atomic E-state index is 13.9. The van der Waals surface area contributed by atoms with E-state index in [-0.39, 0.29) is 30.2 Å². The first-order chi connectivity index (χ1) is 15.0. The van der Waals surface area contributed by atoms with Crippen LogP contribution in [-0.4, -0.2) is 16.8 Å². The summed E-state index contributed by atoms with van der Waals surface area (Å²) >= 11 is 0. The van der Waals surface area contributed by atoms with Gasteiger partial charge in [0.05, 0.1) is 6.54 Å². The fourth-order valence-corrected chi connectivity index (χ4v) is 3.12. The highest BCUT2D eigenvalue weighted by Gasteiger charge is 2.33.